The van der Waals surface area contributed by atoms with Crippen LogP contribution in [-0.2, 0) is 0 Å². The van der Waals surface area contributed by atoms with E-state index in [1.165, 1.54) is 6.92 Å². The molecule has 0 radical (unpaired) electrons. The SMILES string of the molecule is C[C@H](O)[C@H](O)[C@H](O)[C@H](O)/C=N\Nc1ccccc1. The Kier molecular flexibility index (Phi) is 5.73. The quantitative estimate of drug-likeness (QED) is 0.349. The summed E-state index contributed by atoms with van der Waals surface area (Å²) in [7, 11) is 0. The van der Waals surface area contributed by atoms with Crippen molar-refractivity contribution in [2.45, 2.75) is 31.3 Å². The van der Waals surface area contributed by atoms with Crippen molar-refractivity contribution in [1.82, 2.24) is 0 Å². The Morgan fingerprint density at radius 1 is 1.06 bits per heavy atom. The number of nitrogens with zero attached hydrogens (tertiary/aromatic N) is 1. The zero-order valence-electron chi connectivity index (χ0n) is 10.0. The number of hydrogen-bond acceptors (Lipinski definition) is 6. The number of para-hydroxylation sites is 1. The highest BCUT2D eigenvalue weighted by Crippen LogP contribution is 2.06. The van der Waals surface area contributed by atoms with Gasteiger partial charge in [0.1, 0.15) is 18.3 Å². The molecule has 4 atom stereocenters. The average molecular weight is 254 g/mol. The minimum atomic E-state index is -1.49. The number of nitrogens with one attached hydrogen (secondary N) is 1. The fraction of sp³-hybridized carbons (Fsp3) is 0.417. The van der Waals surface area contributed by atoms with Crippen molar-refractivity contribution in [2.24, 2.45) is 5.10 Å². The first-order chi connectivity index (χ1) is 8.52. The highest BCUT2D eigenvalue weighted by Gasteiger charge is 2.26. The molecule has 0 heterocycles. The lowest BCUT2D eigenvalue weighted by molar-refractivity contribution is -0.0820. The summed E-state index contributed by atoms with van der Waals surface area (Å²) in [4.78, 5) is 0. The molecule has 0 fully saturated rings. The summed E-state index contributed by atoms with van der Waals surface area (Å²) in [6.45, 7) is 1.32. The molecule has 0 saturated carbocycles. The number of hydrogen-bond donors (Lipinski definition) is 5. The van der Waals surface area contributed by atoms with Crippen LogP contribution < -0.4 is 5.43 Å². The minimum absolute atomic E-state index is 0.728. The summed E-state index contributed by atoms with van der Waals surface area (Å²) >= 11 is 0. The Morgan fingerprint density at radius 2 is 1.67 bits per heavy atom. The van der Waals surface area contributed by atoms with Crippen LogP contribution in [0.15, 0.2) is 35.4 Å². The standard InChI is InChI=1S/C12H18N2O4/c1-8(15)11(17)12(18)10(16)7-13-14-9-5-3-2-4-6-9/h2-8,10-12,14-18H,1H3/b13-7-/t8-,10+,11-,12+/m0/s1. The van der Waals surface area contributed by atoms with Gasteiger partial charge in [-0.3, -0.25) is 5.43 Å². The zero-order chi connectivity index (χ0) is 13.5. The lowest BCUT2D eigenvalue weighted by Crippen LogP contribution is -2.44. The van der Waals surface area contributed by atoms with Gasteiger partial charge in [0.2, 0.25) is 0 Å². The van der Waals surface area contributed by atoms with Gasteiger partial charge in [-0.2, -0.15) is 5.10 Å². The maximum Gasteiger partial charge on any atom is 0.119 e. The number of anilines is 1. The molecule has 100 valence electrons. The summed E-state index contributed by atoms with van der Waals surface area (Å²) in [6.07, 6.45) is -4.37. The number of rotatable bonds is 6. The van der Waals surface area contributed by atoms with Gasteiger partial charge in [-0.25, -0.2) is 0 Å². The largest absolute Gasteiger partial charge is 0.391 e. The third-order valence-corrected chi connectivity index (χ3v) is 2.39. The summed E-state index contributed by atoms with van der Waals surface area (Å²) in [5.41, 5.74) is 3.38. The van der Waals surface area contributed by atoms with Crippen molar-refractivity contribution < 1.29 is 20.4 Å². The highest BCUT2D eigenvalue weighted by molar-refractivity contribution is 5.65. The molecule has 0 aliphatic rings. The van der Waals surface area contributed by atoms with Crippen LogP contribution in [0.2, 0.25) is 0 Å². The van der Waals surface area contributed by atoms with Gasteiger partial charge in [0.15, 0.2) is 0 Å². The monoisotopic (exact) mass is 254 g/mol. The second kappa shape index (κ2) is 7.07. The molecule has 0 aliphatic carbocycles. The van der Waals surface area contributed by atoms with E-state index in [1.807, 2.05) is 18.2 Å². The maximum atomic E-state index is 9.50. The molecule has 1 aromatic rings. The summed E-state index contributed by atoms with van der Waals surface area (Å²) < 4.78 is 0. The van der Waals surface area contributed by atoms with E-state index >= 15 is 0 Å². The molecule has 5 N–H and O–H groups in total. The second-order valence-electron chi connectivity index (χ2n) is 3.97. The lowest BCUT2D eigenvalue weighted by Gasteiger charge is -2.22. The van der Waals surface area contributed by atoms with Crippen molar-refractivity contribution in [3.63, 3.8) is 0 Å². The second-order valence-corrected chi connectivity index (χ2v) is 3.97. The number of aliphatic hydroxyl groups is 4. The minimum Gasteiger partial charge on any atom is -0.391 e. The Morgan fingerprint density at radius 3 is 2.22 bits per heavy atom. The summed E-state index contributed by atoms with van der Waals surface area (Å²) in [6, 6.07) is 9.06. The molecule has 0 spiro atoms. The fourth-order valence-electron chi connectivity index (χ4n) is 1.28. The van der Waals surface area contributed by atoms with Crippen molar-refractivity contribution in [1.29, 1.82) is 0 Å². The van der Waals surface area contributed by atoms with Gasteiger partial charge in [-0.15, -0.1) is 0 Å². The molecule has 1 rings (SSSR count). The van der Waals surface area contributed by atoms with E-state index in [9.17, 15) is 15.3 Å². The van der Waals surface area contributed by atoms with Crippen LogP contribution in [0.25, 0.3) is 0 Å². The molecular weight excluding hydrogens is 236 g/mol. The molecule has 0 saturated heterocycles. The van der Waals surface area contributed by atoms with Crippen molar-refractivity contribution in [3.05, 3.63) is 30.3 Å². The van der Waals surface area contributed by atoms with Gasteiger partial charge < -0.3 is 20.4 Å². The summed E-state index contributed by atoms with van der Waals surface area (Å²) in [5, 5.41) is 41.1. The highest BCUT2D eigenvalue weighted by atomic mass is 16.4. The van der Waals surface area contributed by atoms with Gasteiger partial charge in [0.25, 0.3) is 0 Å². The van der Waals surface area contributed by atoms with E-state index in [1.54, 1.807) is 12.1 Å². The van der Waals surface area contributed by atoms with Gasteiger partial charge >= 0.3 is 0 Å². The predicted octanol–water partition coefficient (Wildman–Crippen LogP) is -0.452. The zero-order valence-corrected chi connectivity index (χ0v) is 10.0. The molecule has 0 bridgehead atoms. The van der Waals surface area contributed by atoms with Gasteiger partial charge in [-0.05, 0) is 19.1 Å². The topological polar surface area (TPSA) is 105 Å². The van der Waals surface area contributed by atoms with Crippen LogP contribution in [0.5, 0.6) is 0 Å². The number of aliphatic hydroxyl groups excluding tert-OH is 4. The number of hydrazone groups is 1. The van der Waals surface area contributed by atoms with Crippen molar-refractivity contribution in [2.75, 3.05) is 5.43 Å². The Balaban J connectivity index is 2.47. The normalized spacial score (nSPS) is 18.3. The van der Waals surface area contributed by atoms with E-state index in [4.69, 9.17) is 5.11 Å². The van der Waals surface area contributed by atoms with Crippen LogP contribution in [0, 0.1) is 0 Å². The molecule has 6 heteroatoms. The maximum absolute atomic E-state index is 9.50. The lowest BCUT2D eigenvalue weighted by atomic mass is 10.1. The predicted molar refractivity (Wildman–Crippen MR) is 68.3 cm³/mol. The van der Waals surface area contributed by atoms with Gasteiger partial charge in [-0.1, -0.05) is 18.2 Å². The average Bonchev–Trinajstić information content (AvgIpc) is 2.38. The van der Waals surface area contributed by atoms with E-state index in [-0.39, 0.29) is 0 Å². The fourth-order valence-corrected chi connectivity index (χ4v) is 1.28. The molecule has 0 aromatic heterocycles. The van der Waals surface area contributed by atoms with E-state index in [0.29, 0.717) is 0 Å². The van der Waals surface area contributed by atoms with Crippen LogP contribution in [0.3, 0.4) is 0 Å². The third-order valence-electron chi connectivity index (χ3n) is 2.39. The Bertz CT molecular complexity index is 370. The molecule has 18 heavy (non-hydrogen) atoms. The van der Waals surface area contributed by atoms with Gasteiger partial charge in [0, 0.05) is 0 Å². The van der Waals surface area contributed by atoms with Crippen molar-refractivity contribution >= 4 is 11.9 Å². The van der Waals surface area contributed by atoms with E-state index in [2.05, 4.69) is 10.5 Å². The first kappa shape index (κ1) is 14.6. The third kappa shape index (κ3) is 4.42. The first-order valence-corrected chi connectivity index (χ1v) is 5.59. The summed E-state index contributed by atoms with van der Waals surface area (Å²) in [5.74, 6) is 0. The molecule has 0 unspecified atom stereocenters. The molecule has 0 aliphatic heterocycles. The van der Waals surface area contributed by atoms with Gasteiger partial charge in [0.05, 0.1) is 18.0 Å². The van der Waals surface area contributed by atoms with Crippen LogP contribution in [0.4, 0.5) is 5.69 Å². The smallest absolute Gasteiger partial charge is 0.119 e. The molecule has 0 amide bonds. The van der Waals surface area contributed by atoms with Crippen molar-refractivity contribution in [3.8, 4) is 0 Å². The van der Waals surface area contributed by atoms with Crippen LogP contribution in [-0.4, -0.2) is 51.1 Å². The van der Waals surface area contributed by atoms with E-state index < -0.39 is 24.4 Å². The van der Waals surface area contributed by atoms with E-state index in [0.717, 1.165) is 11.9 Å². The first-order valence-electron chi connectivity index (χ1n) is 5.59. The molecular formula is C12H18N2O4. The van der Waals surface area contributed by atoms with Crippen LogP contribution >= 0.6 is 0 Å². The van der Waals surface area contributed by atoms with Crippen LogP contribution in [0.1, 0.15) is 6.92 Å². The Labute approximate surface area is 105 Å². The molecule has 1 aromatic carbocycles. The Hall–Kier alpha value is -1.47. The molecule has 6 nitrogen and oxygen atoms in total. The number of benzene rings is 1.